The van der Waals surface area contributed by atoms with E-state index >= 15 is 0 Å². The van der Waals surface area contributed by atoms with Crippen LogP contribution in [-0.4, -0.2) is 50.6 Å². The van der Waals surface area contributed by atoms with Crippen molar-refractivity contribution < 1.29 is 18.2 Å². The summed E-state index contributed by atoms with van der Waals surface area (Å²) in [6.07, 6.45) is 7.54. The predicted octanol–water partition coefficient (Wildman–Crippen LogP) is 4.48. The summed E-state index contributed by atoms with van der Waals surface area (Å²) in [5.74, 6) is -0.849. The van der Waals surface area contributed by atoms with Crippen LogP contribution in [0, 0.1) is 5.82 Å². The highest BCUT2D eigenvalue weighted by atomic mass is 32.2. The molecule has 2 heterocycles. The molecular formula is C29H39FN6O3S. The third-order valence-corrected chi connectivity index (χ3v) is 6.07. The van der Waals surface area contributed by atoms with Gasteiger partial charge in [0.25, 0.3) is 5.91 Å². The Morgan fingerprint density at radius 2 is 1.85 bits per heavy atom. The van der Waals surface area contributed by atoms with Crippen LogP contribution in [0.4, 0.5) is 10.2 Å². The molecule has 1 unspecified atom stereocenters. The number of nitrogens with one attached hydrogen (secondary N) is 1. The van der Waals surface area contributed by atoms with Crippen LogP contribution in [0.3, 0.4) is 0 Å². The van der Waals surface area contributed by atoms with Gasteiger partial charge in [-0.15, -0.1) is 0 Å². The van der Waals surface area contributed by atoms with E-state index < -0.39 is 16.7 Å². The average molecular weight is 571 g/mol. The number of primary amides is 1. The second kappa shape index (κ2) is 16.1. The largest absolute Gasteiger partial charge is 0.368 e. The van der Waals surface area contributed by atoms with Crippen molar-refractivity contribution in [2.45, 2.75) is 46.2 Å². The lowest BCUT2D eigenvalue weighted by Gasteiger charge is -2.18. The van der Waals surface area contributed by atoms with Crippen molar-refractivity contribution in [1.82, 2.24) is 20.1 Å². The summed E-state index contributed by atoms with van der Waals surface area (Å²) in [5.41, 5.74) is 8.05. The summed E-state index contributed by atoms with van der Waals surface area (Å²) in [5, 5.41) is 7.54. The van der Waals surface area contributed by atoms with Gasteiger partial charge in [-0.05, 0) is 55.0 Å². The number of hydrogen-bond acceptors (Lipinski definition) is 6. The van der Waals surface area contributed by atoms with Gasteiger partial charge in [-0.1, -0.05) is 40.3 Å². The van der Waals surface area contributed by atoms with Crippen molar-refractivity contribution >= 4 is 40.1 Å². The smallest absolute Gasteiger partial charge is 0.251 e. The third kappa shape index (κ3) is 8.98. The molecule has 0 aliphatic rings. The monoisotopic (exact) mass is 570 g/mol. The number of carbonyl (C=O) groups is 2. The van der Waals surface area contributed by atoms with Crippen LogP contribution in [0.1, 0.15) is 51.4 Å². The Balaban J connectivity index is 0.00000191. The van der Waals surface area contributed by atoms with Gasteiger partial charge in [0.1, 0.15) is 16.7 Å². The number of hydrogen-bond donors (Lipinski definition) is 2. The molecule has 0 radical (unpaired) electrons. The summed E-state index contributed by atoms with van der Waals surface area (Å²) < 4.78 is 27.0. The van der Waals surface area contributed by atoms with E-state index in [0.717, 1.165) is 0 Å². The molecule has 3 N–H and O–H groups in total. The Morgan fingerprint density at radius 3 is 2.38 bits per heavy atom. The van der Waals surface area contributed by atoms with E-state index in [1.54, 1.807) is 66.2 Å². The number of anilines is 1. The van der Waals surface area contributed by atoms with Crippen molar-refractivity contribution in [3.8, 4) is 5.69 Å². The number of likely N-dealkylation sites (N-methyl/N-ethyl adjacent to an activating group) is 1. The highest BCUT2D eigenvalue weighted by molar-refractivity contribution is 7.84. The second-order valence-corrected chi connectivity index (χ2v) is 9.90. The molecule has 2 aromatic heterocycles. The number of halogens is 1. The minimum atomic E-state index is -1.38. The molecule has 2 amide bonds. The van der Waals surface area contributed by atoms with Crippen molar-refractivity contribution in [2.24, 2.45) is 5.73 Å². The normalized spacial score (nSPS) is 11.4. The quantitative estimate of drug-likeness (QED) is 0.347. The Hall–Kier alpha value is -4.12. The maximum atomic E-state index is 13.3. The van der Waals surface area contributed by atoms with Gasteiger partial charge in [0, 0.05) is 31.0 Å². The highest BCUT2D eigenvalue weighted by Gasteiger charge is 2.19. The lowest BCUT2D eigenvalue weighted by molar-refractivity contribution is -0.117. The van der Waals surface area contributed by atoms with Crippen molar-refractivity contribution in [3.05, 3.63) is 77.9 Å². The molecule has 3 rings (SSSR count). The molecule has 0 aliphatic heterocycles. The fourth-order valence-corrected chi connectivity index (χ4v) is 4.08. The fraction of sp³-hybridized carbons (Fsp3) is 0.310. The van der Waals surface area contributed by atoms with Crippen LogP contribution >= 0.6 is 0 Å². The lowest BCUT2D eigenvalue weighted by Crippen LogP contribution is -2.31. The van der Waals surface area contributed by atoms with Crippen molar-refractivity contribution in [3.63, 3.8) is 0 Å². The molecule has 0 spiro atoms. The van der Waals surface area contributed by atoms with Crippen LogP contribution < -0.4 is 16.0 Å². The Labute approximate surface area is 238 Å². The number of benzene rings is 1. The highest BCUT2D eigenvalue weighted by Crippen LogP contribution is 2.24. The van der Waals surface area contributed by atoms with Crippen molar-refractivity contribution in [1.29, 1.82) is 0 Å². The lowest BCUT2D eigenvalue weighted by atomic mass is 10.1. The topological polar surface area (TPSA) is 123 Å². The minimum absolute atomic E-state index is 0. The first kappa shape index (κ1) is 33.9. The minimum Gasteiger partial charge on any atom is -0.368 e. The molecule has 1 aromatic carbocycles. The molecule has 216 valence electrons. The molecule has 0 aliphatic carbocycles. The molecule has 0 saturated heterocycles. The van der Waals surface area contributed by atoms with Crippen LogP contribution in [0.25, 0.3) is 17.3 Å². The van der Waals surface area contributed by atoms with Crippen LogP contribution in [0.5, 0.6) is 0 Å². The summed E-state index contributed by atoms with van der Waals surface area (Å²) in [7, 11) is 0.266. The van der Waals surface area contributed by atoms with E-state index in [2.05, 4.69) is 35.8 Å². The number of allylic oxidation sites excluding steroid dienone is 1. The van der Waals surface area contributed by atoms with Crippen LogP contribution in [0.2, 0.25) is 0 Å². The molecule has 3 aromatic rings. The zero-order valence-electron chi connectivity index (χ0n) is 22.9. The number of nitrogens with zero attached hydrogens (tertiary/aromatic N) is 4. The summed E-state index contributed by atoms with van der Waals surface area (Å²) in [4.78, 5) is 30.3. The van der Waals surface area contributed by atoms with Gasteiger partial charge in [0.05, 0.1) is 34.9 Å². The maximum absolute atomic E-state index is 13.3. The number of pyridine rings is 1. The van der Waals surface area contributed by atoms with Gasteiger partial charge in [-0.3, -0.25) is 13.8 Å². The number of carbonyl (C=O) groups excluding carboxylic acids is 2. The molecule has 0 saturated carbocycles. The molecule has 40 heavy (non-hydrogen) atoms. The fourth-order valence-electron chi connectivity index (χ4n) is 3.54. The van der Waals surface area contributed by atoms with Crippen LogP contribution in [-0.2, 0) is 26.9 Å². The average Bonchev–Trinajstić information content (AvgIpc) is 3.31. The first-order valence-electron chi connectivity index (χ1n) is 12.3. The number of nitrogens with two attached hydrogens (primary N) is 1. The van der Waals surface area contributed by atoms with Crippen LogP contribution in [0.15, 0.2) is 60.3 Å². The van der Waals surface area contributed by atoms with E-state index in [0.29, 0.717) is 38.9 Å². The van der Waals surface area contributed by atoms with Gasteiger partial charge in [0.2, 0.25) is 5.91 Å². The van der Waals surface area contributed by atoms with E-state index in [9.17, 15) is 18.2 Å². The Kier molecular flexibility index (Phi) is 13.6. The summed E-state index contributed by atoms with van der Waals surface area (Å²) >= 11 is 0. The molecule has 11 heteroatoms. The third-order valence-electron chi connectivity index (χ3n) is 5.27. The first-order valence-corrected chi connectivity index (χ1v) is 13.9. The number of aromatic nitrogens is 3. The molecular weight excluding hydrogens is 531 g/mol. The SMILES string of the molecule is C.C=Cc1c(/C(=C\C)C(=O)NCc2cc(N(C)CC(N)=O)nc(S(C)=O)c2)cnn1-c1ccc(F)cc1.CCC. The van der Waals surface area contributed by atoms with Gasteiger partial charge in [-0.2, -0.15) is 5.10 Å². The number of amides is 2. The summed E-state index contributed by atoms with van der Waals surface area (Å²) in [6.45, 7) is 9.88. The zero-order valence-corrected chi connectivity index (χ0v) is 23.7. The Morgan fingerprint density at radius 1 is 1.23 bits per heavy atom. The van der Waals surface area contributed by atoms with E-state index in [1.807, 2.05) is 0 Å². The predicted molar refractivity (Wildman–Crippen MR) is 161 cm³/mol. The van der Waals surface area contributed by atoms with Gasteiger partial charge >= 0.3 is 0 Å². The zero-order chi connectivity index (χ0) is 29.1. The van der Waals surface area contributed by atoms with E-state index in [-0.39, 0.29) is 32.2 Å². The molecule has 9 nitrogen and oxygen atoms in total. The molecule has 0 fully saturated rings. The van der Waals surface area contributed by atoms with E-state index in [1.165, 1.54) is 24.8 Å². The van der Waals surface area contributed by atoms with E-state index in [4.69, 9.17) is 5.73 Å². The van der Waals surface area contributed by atoms with Gasteiger partial charge in [-0.25, -0.2) is 14.1 Å². The van der Waals surface area contributed by atoms with Gasteiger partial charge in [0.15, 0.2) is 0 Å². The Bertz CT molecular complexity index is 1370. The first-order chi connectivity index (χ1) is 18.6. The van der Waals surface area contributed by atoms with Gasteiger partial charge < -0.3 is 16.0 Å². The van der Waals surface area contributed by atoms with Crippen molar-refractivity contribution in [2.75, 3.05) is 24.7 Å². The maximum Gasteiger partial charge on any atom is 0.251 e. The molecule has 0 bridgehead atoms. The second-order valence-electron chi connectivity index (χ2n) is 8.58. The summed E-state index contributed by atoms with van der Waals surface area (Å²) in [6, 6.07) is 9.15. The number of rotatable bonds is 10. The standard InChI is InChI=1S/C25H27FN6O3S.C3H8.CH4/c1-5-19(20-14-29-32(21(20)6-2)18-9-7-17(26)8-10-18)25(34)28-13-16-11-23(31(3)15-22(27)33)30-24(12-16)36(4)35;1-3-2;/h5-12,14H,2,13,15H2,1,3-4H3,(H2,27,33)(H,28,34);3H2,1-2H3;1H4/b19-5+;;. The molecule has 1 atom stereocenters.